The molecule has 2 rings (SSSR count). The molecule has 4 heteroatoms. The summed E-state index contributed by atoms with van der Waals surface area (Å²) in [6.07, 6.45) is 4.63. The Balaban J connectivity index is 1.87. The molecule has 1 spiro atoms. The van der Waals surface area contributed by atoms with Crippen LogP contribution in [-0.2, 0) is 4.74 Å². The minimum absolute atomic E-state index is 0.262. The predicted octanol–water partition coefficient (Wildman–Crippen LogP) is 3.46. The number of alkyl carbamates (subject to hydrolysis) is 1. The van der Waals surface area contributed by atoms with Crippen LogP contribution >= 0.6 is 15.9 Å². The SMILES string of the molecule is CC(C)(C)OC(=O)NC1CC(CBr)C12CCC2. The molecule has 0 bridgehead atoms. The molecular weight excluding hydrogens is 282 g/mol. The quantitative estimate of drug-likeness (QED) is 0.793. The number of hydrogen-bond acceptors (Lipinski definition) is 2. The number of carbonyl (C=O) groups is 1. The summed E-state index contributed by atoms with van der Waals surface area (Å²) in [5.41, 5.74) is -0.0319. The first kappa shape index (κ1) is 13.2. The van der Waals surface area contributed by atoms with Crippen LogP contribution in [0, 0.1) is 11.3 Å². The molecule has 2 fully saturated rings. The van der Waals surface area contributed by atoms with E-state index >= 15 is 0 Å². The lowest BCUT2D eigenvalue weighted by Gasteiger charge is -2.61. The Morgan fingerprint density at radius 1 is 1.47 bits per heavy atom. The van der Waals surface area contributed by atoms with Crippen LogP contribution in [0.2, 0.25) is 0 Å². The molecule has 3 nitrogen and oxygen atoms in total. The molecule has 2 aliphatic carbocycles. The lowest BCUT2D eigenvalue weighted by molar-refractivity contribution is -0.0772. The zero-order valence-corrected chi connectivity index (χ0v) is 12.5. The van der Waals surface area contributed by atoms with Crippen molar-refractivity contribution in [3.05, 3.63) is 0 Å². The van der Waals surface area contributed by atoms with E-state index in [0.717, 1.165) is 17.7 Å². The molecule has 2 unspecified atom stereocenters. The fourth-order valence-corrected chi connectivity index (χ4v) is 4.00. The third kappa shape index (κ3) is 2.47. The molecule has 0 aliphatic heterocycles. The maximum atomic E-state index is 11.7. The van der Waals surface area contributed by atoms with Crippen LogP contribution in [-0.4, -0.2) is 23.1 Å². The van der Waals surface area contributed by atoms with E-state index in [1.807, 2.05) is 20.8 Å². The van der Waals surface area contributed by atoms with E-state index in [9.17, 15) is 4.79 Å². The van der Waals surface area contributed by atoms with E-state index in [1.54, 1.807) is 0 Å². The van der Waals surface area contributed by atoms with Gasteiger partial charge in [0, 0.05) is 11.4 Å². The molecule has 2 aliphatic rings. The third-order valence-corrected chi connectivity index (χ3v) is 4.97. The maximum Gasteiger partial charge on any atom is 0.407 e. The van der Waals surface area contributed by atoms with Gasteiger partial charge in [0.15, 0.2) is 0 Å². The highest BCUT2D eigenvalue weighted by Crippen LogP contribution is 2.60. The molecule has 0 aromatic carbocycles. The standard InChI is InChI=1S/C13H22BrNO2/c1-12(2,3)17-11(16)15-10-7-9(8-14)13(10)5-4-6-13/h9-10H,4-8H2,1-3H3,(H,15,16). The third-order valence-electron chi connectivity index (χ3n) is 4.19. The highest BCUT2D eigenvalue weighted by molar-refractivity contribution is 9.09. The molecule has 2 saturated carbocycles. The van der Waals surface area contributed by atoms with Gasteiger partial charge in [0.1, 0.15) is 5.60 Å². The largest absolute Gasteiger partial charge is 0.444 e. The molecule has 0 heterocycles. The van der Waals surface area contributed by atoms with Crippen molar-refractivity contribution >= 4 is 22.0 Å². The summed E-state index contributed by atoms with van der Waals surface area (Å²) in [7, 11) is 0. The topological polar surface area (TPSA) is 38.3 Å². The van der Waals surface area contributed by atoms with Crippen LogP contribution in [0.15, 0.2) is 0 Å². The summed E-state index contributed by atoms with van der Waals surface area (Å²) in [5.74, 6) is 0.733. The summed E-state index contributed by atoms with van der Waals surface area (Å²) in [5, 5.41) is 4.10. The van der Waals surface area contributed by atoms with Crippen molar-refractivity contribution < 1.29 is 9.53 Å². The van der Waals surface area contributed by atoms with Gasteiger partial charge in [-0.15, -0.1) is 0 Å². The lowest BCUT2D eigenvalue weighted by Crippen LogP contribution is -2.64. The number of rotatable bonds is 2. The minimum Gasteiger partial charge on any atom is -0.444 e. The smallest absolute Gasteiger partial charge is 0.407 e. The summed E-state index contributed by atoms with van der Waals surface area (Å²) < 4.78 is 5.31. The van der Waals surface area contributed by atoms with E-state index in [4.69, 9.17) is 4.74 Å². The molecule has 98 valence electrons. The molecule has 1 N–H and O–H groups in total. The molecule has 0 radical (unpaired) electrons. The second-order valence-corrected chi connectivity index (χ2v) is 7.02. The van der Waals surface area contributed by atoms with E-state index < -0.39 is 5.60 Å². The second kappa shape index (κ2) is 4.45. The van der Waals surface area contributed by atoms with Crippen LogP contribution < -0.4 is 5.32 Å². The van der Waals surface area contributed by atoms with Crippen LogP contribution in [0.3, 0.4) is 0 Å². The van der Waals surface area contributed by atoms with E-state index in [1.165, 1.54) is 19.3 Å². The number of ether oxygens (including phenoxy) is 1. The molecular formula is C13H22BrNO2. The summed E-state index contributed by atoms with van der Waals surface area (Å²) >= 11 is 3.58. The Hall–Kier alpha value is -0.250. The van der Waals surface area contributed by atoms with Crippen molar-refractivity contribution in [3.63, 3.8) is 0 Å². The fraction of sp³-hybridized carbons (Fsp3) is 0.923. The number of carbonyl (C=O) groups excluding carboxylic acids is 1. The summed E-state index contributed by atoms with van der Waals surface area (Å²) in [6, 6.07) is 0.327. The average Bonchev–Trinajstić information content (AvgIpc) is 2.05. The van der Waals surface area contributed by atoms with Crippen molar-refractivity contribution in [2.75, 3.05) is 5.33 Å². The van der Waals surface area contributed by atoms with Crippen molar-refractivity contribution in [1.29, 1.82) is 0 Å². The fourth-order valence-electron chi connectivity index (χ4n) is 3.09. The second-order valence-electron chi connectivity index (χ2n) is 6.37. The van der Waals surface area contributed by atoms with Crippen LogP contribution in [0.4, 0.5) is 4.79 Å². The zero-order chi connectivity index (χ0) is 12.7. The highest BCUT2D eigenvalue weighted by Gasteiger charge is 2.58. The number of alkyl halides is 1. The van der Waals surface area contributed by atoms with Gasteiger partial charge in [0.25, 0.3) is 0 Å². The van der Waals surface area contributed by atoms with Crippen molar-refractivity contribution in [2.45, 2.75) is 58.1 Å². The van der Waals surface area contributed by atoms with E-state index in [-0.39, 0.29) is 6.09 Å². The Morgan fingerprint density at radius 2 is 2.12 bits per heavy atom. The van der Waals surface area contributed by atoms with Crippen LogP contribution in [0.1, 0.15) is 46.5 Å². The Kier molecular flexibility index (Phi) is 3.45. The maximum absolute atomic E-state index is 11.7. The number of hydrogen-bond donors (Lipinski definition) is 1. The van der Waals surface area contributed by atoms with Gasteiger partial charge < -0.3 is 10.1 Å². The predicted molar refractivity (Wildman–Crippen MR) is 71.3 cm³/mol. The van der Waals surface area contributed by atoms with Gasteiger partial charge in [-0.3, -0.25) is 0 Å². The average molecular weight is 304 g/mol. The van der Waals surface area contributed by atoms with Crippen molar-refractivity contribution in [3.8, 4) is 0 Å². The summed E-state index contributed by atoms with van der Waals surface area (Å²) in [6.45, 7) is 5.69. The number of nitrogens with one attached hydrogen (secondary N) is 1. The van der Waals surface area contributed by atoms with Gasteiger partial charge in [-0.05, 0) is 51.4 Å². The minimum atomic E-state index is -0.407. The van der Waals surface area contributed by atoms with Crippen LogP contribution in [0.25, 0.3) is 0 Å². The molecule has 0 saturated heterocycles. The van der Waals surface area contributed by atoms with Gasteiger partial charge in [0.05, 0.1) is 0 Å². The Morgan fingerprint density at radius 3 is 2.53 bits per heavy atom. The summed E-state index contributed by atoms with van der Waals surface area (Å²) in [4.78, 5) is 11.7. The van der Waals surface area contributed by atoms with E-state index in [0.29, 0.717) is 11.5 Å². The zero-order valence-electron chi connectivity index (χ0n) is 10.9. The number of halogens is 1. The first-order valence-corrected chi connectivity index (χ1v) is 7.55. The first-order chi connectivity index (χ1) is 7.87. The first-order valence-electron chi connectivity index (χ1n) is 6.43. The van der Waals surface area contributed by atoms with Crippen LogP contribution in [0.5, 0.6) is 0 Å². The molecule has 0 aromatic heterocycles. The Labute approximate surface area is 112 Å². The Bertz CT molecular complexity index is 307. The van der Waals surface area contributed by atoms with Gasteiger partial charge in [0.2, 0.25) is 0 Å². The van der Waals surface area contributed by atoms with Gasteiger partial charge in [-0.25, -0.2) is 4.79 Å². The van der Waals surface area contributed by atoms with E-state index in [2.05, 4.69) is 21.2 Å². The normalized spacial score (nSPS) is 30.4. The monoisotopic (exact) mass is 303 g/mol. The highest BCUT2D eigenvalue weighted by atomic mass is 79.9. The van der Waals surface area contributed by atoms with Crippen molar-refractivity contribution in [2.24, 2.45) is 11.3 Å². The van der Waals surface area contributed by atoms with Crippen molar-refractivity contribution in [1.82, 2.24) is 5.32 Å². The molecule has 2 atom stereocenters. The lowest BCUT2D eigenvalue weighted by atomic mass is 9.47. The molecule has 1 amide bonds. The number of amides is 1. The molecule has 17 heavy (non-hydrogen) atoms. The molecule has 0 aromatic rings. The van der Waals surface area contributed by atoms with Gasteiger partial charge in [-0.2, -0.15) is 0 Å². The van der Waals surface area contributed by atoms with Gasteiger partial charge in [-0.1, -0.05) is 22.4 Å². The van der Waals surface area contributed by atoms with Gasteiger partial charge >= 0.3 is 6.09 Å².